The molecule has 4 rings (SSSR count). The van der Waals surface area contributed by atoms with Gasteiger partial charge in [0.1, 0.15) is 16.2 Å². The molecule has 0 radical (unpaired) electrons. The van der Waals surface area contributed by atoms with E-state index in [0.29, 0.717) is 0 Å². The van der Waals surface area contributed by atoms with Crippen LogP contribution in [0.3, 0.4) is 0 Å². The molecule has 1 N–H and O–H groups in total. The van der Waals surface area contributed by atoms with Crippen molar-refractivity contribution in [2.75, 3.05) is 5.32 Å². The Morgan fingerprint density at radius 1 is 1.04 bits per heavy atom. The highest BCUT2D eigenvalue weighted by Gasteiger charge is 2.08. The summed E-state index contributed by atoms with van der Waals surface area (Å²) in [6.07, 6.45) is 1.63. The van der Waals surface area contributed by atoms with Gasteiger partial charge >= 0.3 is 0 Å². The van der Waals surface area contributed by atoms with Gasteiger partial charge in [0, 0.05) is 22.2 Å². The average molecular weight is 357 g/mol. The zero-order valence-electron chi connectivity index (χ0n) is 12.0. The van der Waals surface area contributed by atoms with Gasteiger partial charge in [0.15, 0.2) is 5.13 Å². The Balaban J connectivity index is 1.45. The van der Waals surface area contributed by atoms with Gasteiger partial charge in [-0.1, -0.05) is 30.0 Å². The van der Waals surface area contributed by atoms with E-state index in [1.54, 1.807) is 40.8 Å². The first-order chi connectivity index (χ1) is 11.4. The fraction of sp³-hybridized carbons (Fsp3) is 0.0625. The smallest absolute Gasteiger partial charge is 0.187 e. The maximum Gasteiger partial charge on any atom is 0.187 e. The maximum absolute atomic E-state index is 4.63. The van der Waals surface area contributed by atoms with E-state index in [1.807, 2.05) is 35.7 Å². The average Bonchev–Trinajstić information content (AvgIpc) is 3.23. The molecule has 1 aromatic carbocycles. The number of aromatic nitrogens is 3. The molecule has 0 aliphatic heterocycles. The fourth-order valence-electron chi connectivity index (χ4n) is 2.10. The van der Waals surface area contributed by atoms with Crippen LogP contribution in [0.4, 0.5) is 10.8 Å². The lowest BCUT2D eigenvalue weighted by atomic mass is 10.3. The lowest BCUT2D eigenvalue weighted by Crippen LogP contribution is -1.90. The zero-order valence-corrected chi connectivity index (χ0v) is 14.4. The second-order valence-corrected chi connectivity index (χ2v) is 7.46. The summed E-state index contributed by atoms with van der Waals surface area (Å²) >= 11 is 4.96. The summed E-state index contributed by atoms with van der Waals surface area (Å²) in [5.41, 5.74) is 2.11. The van der Waals surface area contributed by atoms with Gasteiger partial charge in [0.25, 0.3) is 0 Å². The highest BCUT2D eigenvalue weighted by Crippen LogP contribution is 2.31. The summed E-state index contributed by atoms with van der Waals surface area (Å²) in [6.45, 7) is 0. The van der Waals surface area contributed by atoms with E-state index < -0.39 is 0 Å². The number of rotatable bonds is 5. The van der Waals surface area contributed by atoms with Crippen LogP contribution in [0.15, 0.2) is 58.5 Å². The van der Waals surface area contributed by atoms with E-state index >= 15 is 0 Å². The van der Waals surface area contributed by atoms with Crippen molar-refractivity contribution in [1.29, 1.82) is 0 Å². The summed E-state index contributed by atoms with van der Waals surface area (Å²) in [5.74, 6) is 0.801. The van der Waals surface area contributed by atoms with Crippen LogP contribution in [0, 0.1) is 0 Å². The van der Waals surface area contributed by atoms with Crippen LogP contribution in [0.5, 0.6) is 0 Å². The predicted octanol–water partition coefficient (Wildman–Crippen LogP) is 5.18. The first-order valence-electron chi connectivity index (χ1n) is 6.96. The molecule has 7 heteroatoms. The van der Waals surface area contributed by atoms with Crippen LogP contribution in [-0.2, 0) is 5.75 Å². The Hall–Kier alpha value is -1.96. The Morgan fingerprint density at radius 3 is 2.87 bits per heavy atom. The molecule has 0 aliphatic carbocycles. The minimum Gasteiger partial charge on any atom is -0.332 e. The van der Waals surface area contributed by atoms with E-state index in [-0.39, 0.29) is 0 Å². The topological polar surface area (TPSA) is 50.7 Å². The standard InChI is InChI=1S/C16H12N4S3/c1-2-4-11(5-3-1)19-16-20-12(9-23-16)8-22-15-13-6-7-21-14(13)17-10-18-15/h1-7,9-10H,8H2,(H,19,20). The lowest BCUT2D eigenvalue weighted by Gasteiger charge is -2.01. The van der Waals surface area contributed by atoms with Gasteiger partial charge < -0.3 is 5.32 Å². The molecule has 3 aromatic heterocycles. The number of fused-ring (bicyclic) bond motifs is 1. The van der Waals surface area contributed by atoms with E-state index in [0.717, 1.165) is 37.5 Å². The first kappa shape index (κ1) is 14.6. The number of thiophene rings is 1. The van der Waals surface area contributed by atoms with Crippen LogP contribution in [-0.4, -0.2) is 15.0 Å². The van der Waals surface area contributed by atoms with Crippen molar-refractivity contribution < 1.29 is 0 Å². The number of thiazole rings is 1. The van der Waals surface area contributed by atoms with Gasteiger partial charge in [-0.05, 0) is 23.6 Å². The molecule has 0 spiro atoms. The molecule has 4 nitrogen and oxygen atoms in total. The number of benzene rings is 1. The molecule has 0 saturated heterocycles. The van der Waals surface area contributed by atoms with Crippen molar-refractivity contribution in [1.82, 2.24) is 15.0 Å². The predicted molar refractivity (Wildman–Crippen MR) is 98.8 cm³/mol. The second kappa shape index (κ2) is 6.66. The third-order valence-corrected chi connectivity index (χ3v) is 5.82. The van der Waals surface area contributed by atoms with Crippen LogP contribution in [0.2, 0.25) is 0 Å². The third-order valence-electron chi connectivity index (χ3n) is 3.16. The van der Waals surface area contributed by atoms with Crippen molar-refractivity contribution in [3.05, 3.63) is 59.2 Å². The summed E-state index contributed by atoms with van der Waals surface area (Å²) in [6, 6.07) is 12.2. The number of hydrogen-bond donors (Lipinski definition) is 1. The van der Waals surface area contributed by atoms with Crippen LogP contribution in [0.1, 0.15) is 5.69 Å². The van der Waals surface area contributed by atoms with E-state index in [2.05, 4.69) is 31.7 Å². The number of anilines is 2. The number of para-hydroxylation sites is 1. The van der Waals surface area contributed by atoms with E-state index in [4.69, 9.17) is 0 Å². The molecule has 0 bridgehead atoms. The van der Waals surface area contributed by atoms with Crippen LogP contribution < -0.4 is 5.32 Å². The molecule has 4 aromatic rings. The molecule has 0 saturated carbocycles. The molecule has 0 aliphatic rings. The number of nitrogens with one attached hydrogen (secondary N) is 1. The van der Waals surface area contributed by atoms with Crippen molar-refractivity contribution in [2.24, 2.45) is 0 Å². The molecule has 0 unspecified atom stereocenters. The highest BCUT2D eigenvalue weighted by atomic mass is 32.2. The molecule has 0 amide bonds. The van der Waals surface area contributed by atoms with Crippen molar-refractivity contribution in [3.63, 3.8) is 0 Å². The van der Waals surface area contributed by atoms with Crippen LogP contribution in [0.25, 0.3) is 10.2 Å². The summed E-state index contributed by atoms with van der Waals surface area (Å²) in [4.78, 5) is 14.3. The lowest BCUT2D eigenvalue weighted by molar-refractivity contribution is 1.10. The zero-order chi connectivity index (χ0) is 15.5. The Bertz CT molecular complexity index is 917. The number of hydrogen-bond acceptors (Lipinski definition) is 7. The fourth-order valence-corrected chi connectivity index (χ4v) is 4.61. The molecule has 3 heterocycles. The quantitative estimate of drug-likeness (QED) is 0.394. The Labute approximate surface area is 145 Å². The molecule has 23 heavy (non-hydrogen) atoms. The molecular formula is C16H12N4S3. The van der Waals surface area contributed by atoms with Gasteiger partial charge in [-0.2, -0.15) is 0 Å². The largest absolute Gasteiger partial charge is 0.332 e. The molecule has 0 atom stereocenters. The van der Waals surface area contributed by atoms with E-state index in [9.17, 15) is 0 Å². The number of thioether (sulfide) groups is 1. The van der Waals surface area contributed by atoms with Crippen molar-refractivity contribution in [2.45, 2.75) is 10.8 Å². The molecule has 114 valence electrons. The maximum atomic E-state index is 4.63. The summed E-state index contributed by atoms with van der Waals surface area (Å²) < 4.78 is 0. The Morgan fingerprint density at radius 2 is 1.96 bits per heavy atom. The summed E-state index contributed by atoms with van der Waals surface area (Å²) in [7, 11) is 0. The second-order valence-electron chi connectivity index (χ2n) is 4.74. The minimum atomic E-state index is 0.801. The van der Waals surface area contributed by atoms with Crippen molar-refractivity contribution >= 4 is 55.5 Å². The van der Waals surface area contributed by atoms with Crippen LogP contribution >= 0.6 is 34.4 Å². The Kier molecular flexibility index (Phi) is 4.23. The van der Waals surface area contributed by atoms with Crippen molar-refractivity contribution in [3.8, 4) is 0 Å². The third kappa shape index (κ3) is 3.36. The van der Waals surface area contributed by atoms with Gasteiger partial charge in [0.05, 0.1) is 5.69 Å². The highest BCUT2D eigenvalue weighted by molar-refractivity contribution is 7.98. The normalized spacial score (nSPS) is 11.0. The summed E-state index contributed by atoms with van der Waals surface area (Å²) in [5, 5.41) is 10.5. The van der Waals surface area contributed by atoms with Gasteiger partial charge in [0.2, 0.25) is 0 Å². The SMILES string of the molecule is c1ccc(Nc2nc(CSc3ncnc4sccc34)cs2)cc1. The monoisotopic (exact) mass is 356 g/mol. The minimum absolute atomic E-state index is 0.801. The molecule has 0 fully saturated rings. The van der Waals surface area contributed by atoms with E-state index in [1.165, 1.54) is 0 Å². The molecular weight excluding hydrogens is 344 g/mol. The van der Waals surface area contributed by atoms with Gasteiger partial charge in [-0.25, -0.2) is 15.0 Å². The van der Waals surface area contributed by atoms with Gasteiger partial charge in [-0.3, -0.25) is 0 Å². The number of nitrogens with zero attached hydrogens (tertiary/aromatic N) is 3. The first-order valence-corrected chi connectivity index (χ1v) is 9.70. The van der Waals surface area contributed by atoms with Gasteiger partial charge in [-0.15, -0.1) is 22.7 Å².